The van der Waals surface area contributed by atoms with Gasteiger partial charge in [-0.05, 0) is 6.07 Å². The minimum absolute atomic E-state index is 0.0144. The Morgan fingerprint density at radius 2 is 2.00 bits per heavy atom. The Hall–Kier alpha value is -2.30. The minimum atomic E-state index is -3.35. The summed E-state index contributed by atoms with van der Waals surface area (Å²) < 4.78 is 50.0. The monoisotopic (exact) mass is 409 g/mol. The van der Waals surface area contributed by atoms with Crippen molar-refractivity contribution in [2.75, 3.05) is 47.0 Å². The molecule has 1 saturated heterocycles. The molecule has 0 aliphatic carbocycles. The van der Waals surface area contributed by atoms with E-state index < -0.39 is 10.0 Å². The van der Waals surface area contributed by atoms with Crippen LogP contribution in [-0.2, 0) is 14.8 Å². The summed E-state index contributed by atoms with van der Waals surface area (Å²) in [7, 11) is 1.32. The van der Waals surface area contributed by atoms with Crippen LogP contribution in [0.5, 0.6) is 17.2 Å². The highest BCUT2D eigenvalue weighted by atomic mass is 32.2. The van der Waals surface area contributed by atoms with Crippen LogP contribution in [0.1, 0.15) is 6.04 Å². The number of hydrogen-bond acceptors (Lipinski definition) is 7. The van der Waals surface area contributed by atoms with Crippen molar-refractivity contribution >= 4 is 10.0 Å². The van der Waals surface area contributed by atoms with E-state index in [0.717, 1.165) is 5.56 Å². The van der Waals surface area contributed by atoms with Gasteiger partial charge in [-0.2, -0.15) is 0 Å². The Morgan fingerprint density at radius 3 is 2.71 bits per heavy atom. The molecule has 152 valence electrons. The standard InChI is InChI=1S/C18H23N3O6S/c1-20(2)28(22,23)10-12-8-25-9-14(12)21-5-4-19-18(21)13-6-16-17(27-11-26-16)7-15(13)24-3/h4-7,12,14H,8-11H2,1-3H3/t12-,14-/m1/s1. The number of hydrogen-bond donors (Lipinski definition) is 0. The van der Waals surface area contributed by atoms with Gasteiger partial charge in [0, 0.05) is 38.5 Å². The van der Waals surface area contributed by atoms with Gasteiger partial charge < -0.3 is 23.5 Å². The number of imidazole rings is 1. The number of fused-ring (bicyclic) bond motifs is 1. The molecule has 10 heteroatoms. The second-order valence-electron chi connectivity index (χ2n) is 6.99. The smallest absolute Gasteiger partial charge is 0.231 e. The first kappa shape index (κ1) is 19.0. The van der Waals surface area contributed by atoms with Crippen molar-refractivity contribution in [3.05, 3.63) is 24.5 Å². The lowest BCUT2D eigenvalue weighted by Gasteiger charge is -2.23. The zero-order valence-corrected chi connectivity index (χ0v) is 16.8. The maximum Gasteiger partial charge on any atom is 0.231 e. The predicted octanol–water partition coefficient (Wildman–Crippen LogP) is 1.37. The highest BCUT2D eigenvalue weighted by molar-refractivity contribution is 7.89. The summed E-state index contributed by atoms with van der Waals surface area (Å²) in [6.45, 7) is 0.967. The molecule has 4 rings (SSSR count). The van der Waals surface area contributed by atoms with Crippen molar-refractivity contribution in [1.82, 2.24) is 13.9 Å². The predicted molar refractivity (Wildman–Crippen MR) is 101 cm³/mol. The summed E-state index contributed by atoms with van der Waals surface area (Å²) in [6, 6.07) is 3.46. The van der Waals surface area contributed by atoms with Gasteiger partial charge in [-0.25, -0.2) is 17.7 Å². The lowest BCUT2D eigenvalue weighted by atomic mass is 10.1. The number of nitrogens with zero attached hydrogens (tertiary/aromatic N) is 3. The van der Waals surface area contributed by atoms with Crippen LogP contribution in [-0.4, -0.2) is 69.2 Å². The molecule has 28 heavy (non-hydrogen) atoms. The number of rotatable bonds is 6. The van der Waals surface area contributed by atoms with E-state index in [1.807, 2.05) is 16.8 Å². The van der Waals surface area contributed by atoms with Gasteiger partial charge in [0.25, 0.3) is 0 Å². The topological polar surface area (TPSA) is 92.1 Å². The average molecular weight is 409 g/mol. The highest BCUT2D eigenvalue weighted by Gasteiger charge is 2.36. The minimum Gasteiger partial charge on any atom is -0.496 e. The normalized spacial score (nSPS) is 21.4. The quantitative estimate of drug-likeness (QED) is 0.711. The van der Waals surface area contributed by atoms with E-state index in [1.165, 1.54) is 4.31 Å². The fourth-order valence-electron chi connectivity index (χ4n) is 3.53. The first-order chi connectivity index (χ1) is 13.4. The number of ether oxygens (including phenoxy) is 4. The second kappa shape index (κ2) is 7.26. The van der Waals surface area contributed by atoms with Crippen molar-refractivity contribution in [3.63, 3.8) is 0 Å². The lowest BCUT2D eigenvalue weighted by molar-refractivity contribution is 0.174. The van der Waals surface area contributed by atoms with Crippen LogP contribution in [0.2, 0.25) is 0 Å². The molecule has 0 radical (unpaired) electrons. The first-order valence-electron chi connectivity index (χ1n) is 8.89. The third-order valence-electron chi connectivity index (χ3n) is 5.11. The fourth-order valence-corrected chi connectivity index (χ4v) is 4.69. The molecule has 1 fully saturated rings. The van der Waals surface area contributed by atoms with Gasteiger partial charge in [0.15, 0.2) is 11.5 Å². The molecule has 2 aliphatic rings. The summed E-state index contributed by atoms with van der Waals surface area (Å²) in [5.74, 6) is 2.35. The van der Waals surface area contributed by atoms with E-state index >= 15 is 0 Å². The Balaban J connectivity index is 1.70. The Bertz CT molecular complexity index is 972. The van der Waals surface area contributed by atoms with Crippen molar-refractivity contribution in [2.24, 2.45) is 5.92 Å². The maximum atomic E-state index is 12.4. The van der Waals surface area contributed by atoms with Gasteiger partial charge in [0.2, 0.25) is 16.8 Å². The zero-order valence-electron chi connectivity index (χ0n) is 16.0. The van der Waals surface area contributed by atoms with Gasteiger partial charge in [0.05, 0.1) is 37.7 Å². The van der Waals surface area contributed by atoms with E-state index in [4.69, 9.17) is 18.9 Å². The molecule has 0 spiro atoms. The molecule has 9 nitrogen and oxygen atoms in total. The Kier molecular flexibility index (Phi) is 4.94. The van der Waals surface area contributed by atoms with E-state index in [0.29, 0.717) is 36.3 Å². The van der Waals surface area contributed by atoms with Gasteiger partial charge in [-0.3, -0.25) is 0 Å². The molecule has 2 aliphatic heterocycles. The molecular weight excluding hydrogens is 386 g/mol. The molecule has 1 aromatic carbocycles. The van der Waals surface area contributed by atoms with Crippen molar-refractivity contribution < 1.29 is 27.4 Å². The molecule has 3 heterocycles. The molecule has 0 N–H and O–H groups in total. The molecule has 2 atom stereocenters. The van der Waals surface area contributed by atoms with Crippen LogP contribution in [0.4, 0.5) is 0 Å². The molecule has 0 saturated carbocycles. The van der Waals surface area contributed by atoms with Crippen molar-refractivity contribution in [1.29, 1.82) is 0 Å². The van der Waals surface area contributed by atoms with Gasteiger partial charge in [0.1, 0.15) is 11.6 Å². The zero-order chi connectivity index (χ0) is 19.9. The molecule has 1 aromatic heterocycles. The molecule has 0 unspecified atom stereocenters. The fraction of sp³-hybridized carbons (Fsp3) is 0.500. The van der Waals surface area contributed by atoms with E-state index in [2.05, 4.69) is 4.98 Å². The molecule has 2 aromatic rings. The summed E-state index contributed by atoms with van der Waals surface area (Å²) in [6.07, 6.45) is 3.53. The van der Waals surface area contributed by atoms with Gasteiger partial charge in [-0.15, -0.1) is 0 Å². The van der Waals surface area contributed by atoms with Crippen LogP contribution < -0.4 is 14.2 Å². The third-order valence-corrected chi connectivity index (χ3v) is 7.07. The van der Waals surface area contributed by atoms with E-state index in [1.54, 1.807) is 33.5 Å². The average Bonchev–Trinajstić information content (AvgIpc) is 3.39. The number of methoxy groups -OCH3 is 1. The summed E-state index contributed by atoms with van der Waals surface area (Å²) >= 11 is 0. The first-order valence-corrected chi connectivity index (χ1v) is 10.5. The lowest BCUT2D eigenvalue weighted by Crippen LogP contribution is -2.32. The number of sulfonamides is 1. The number of benzene rings is 1. The SMILES string of the molecule is COc1cc2c(cc1-c1nccn1[C@@H]1COC[C@@H]1CS(=O)(=O)N(C)C)OCO2. The summed E-state index contributed by atoms with van der Waals surface area (Å²) in [4.78, 5) is 4.50. The van der Waals surface area contributed by atoms with E-state index in [9.17, 15) is 8.42 Å². The van der Waals surface area contributed by atoms with Crippen molar-refractivity contribution in [2.45, 2.75) is 6.04 Å². The largest absolute Gasteiger partial charge is 0.496 e. The second-order valence-corrected chi connectivity index (χ2v) is 9.22. The van der Waals surface area contributed by atoms with Gasteiger partial charge in [-0.1, -0.05) is 0 Å². The van der Waals surface area contributed by atoms with Crippen LogP contribution in [0.3, 0.4) is 0 Å². The van der Waals surface area contributed by atoms with Crippen LogP contribution in [0.15, 0.2) is 24.5 Å². The third kappa shape index (κ3) is 3.31. The maximum absolute atomic E-state index is 12.4. The Morgan fingerprint density at radius 1 is 1.25 bits per heavy atom. The summed E-state index contributed by atoms with van der Waals surface area (Å²) in [5, 5.41) is 0. The van der Waals surface area contributed by atoms with Crippen molar-refractivity contribution in [3.8, 4) is 28.6 Å². The Labute approximate surface area is 163 Å². The highest BCUT2D eigenvalue weighted by Crippen LogP contribution is 2.43. The molecular formula is C18H23N3O6S. The van der Waals surface area contributed by atoms with Gasteiger partial charge >= 0.3 is 0 Å². The summed E-state index contributed by atoms with van der Waals surface area (Å²) in [5.41, 5.74) is 0.748. The van der Waals surface area contributed by atoms with Crippen LogP contribution in [0.25, 0.3) is 11.4 Å². The van der Waals surface area contributed by atoms with Crippen LogP contribution >= 0.6 is 0 Å². The molecule has 0 bridgehead atoms. The van der Waals surface area contributed by atoms with E-state index in [-0.39, 0.29) is 24.5 Å². The molecule has 0 amide bonds. The van der Waals surface area contributed by atoms with Crippen LogP contribution in [0, 0.1) is 5.92 Å². The number of aromatic nitrogens is 2.